The van der Waals surface area contributed by atoms with Gasteiger partial charge in [-0.3, -0.25) is 4.57 Å². The van der Waals surface area contributed by atoms with Crippen molar-refractivity contribution in [3.63, 3.8) is 0 Å². The van der Waals surface area contributed by atoms with Crippen molar-refractivity contribution >= 4 is 11.4 Å². The molecule has 0 aliphatic carbocycles. The number of rotatable bonds is 3. The minimum absolute atomic E-state index is 0.158. The normalized spacial score (nSPS) is 21.3. The van der Waals surface area contributed by atoms with E-state index in [1.165, 1.54) is 16.8 Å². The summed E-state index contributed by atoms with van der Waals surface area (Å²) in [5, 5.41) is 9.49. The van der Waals surface area contributed by atoms with E-state index in [0.717, 1.165) is 11.1 Å². The second-order valence-electron chi connectivity index (χ2n) is 4.73. The van der Waals surface area contributed by atoms with E-state index in [9.17, 15) is 9.90 Å². The van der Waals surface area contributed by atoms with Gasteiger partial charge in [0.25, 0.3) is 0 Å². The van der Waals surface area contributed by atoms with Gasteiger partial charge >= 0.3 is 5.69 Å². The molecule has 0 radical (unpaired) electrons. The average molecular weight is 285 g/mol. The van der Waals surface area contributed by atoms with E-state index in [-0.39, 0.29) is 12.4 Å². The highest BCUT2D eigenvalue weighted by Crippen LogP contribution is 2.32. The fourth-order valence-corrected chi connectivity index (χ4v) is 2.36. The second kappa shape index (κ2) is 5.51. The second-order valence-corrected chi connectivity index (χ2v) is 4.73. The summed E-state index contributed by atoms with van der Waals surface area (Å²) >= 11 is 0. The van der Waals surface area contributed by atoms with Gasteiger partial charge in [-0.25, -0.2) is 4.79 Å². The standard InChI is InChI=1S/C15H15N3O3/c16-13-6-7-18(15(20)17-13)14-8-11(12(9-19)21-14)10-4-2-1-3-5-10/h1-8,12,14,19H,9H2,(H2,16,17,20)/t12-,14-/m1/s1. The van der Waals surface area contributed by atoms with Crippen molar-refractivity contribution in [1.82, 2.24) is 9.55 Å². The lowest BCUT2D eigenvalue weighted by molar-refractivity contribution is -0.00712. The van der Waals surface area contributed by atoms with E-state index in [1.807, 2.05) is 36.4 Å². The lowest BCUT2D eigenvalue weighted by Crippen LogP contribution is -2.28. The van der Waals surface area contributed by atoms with Crippen molar-refractivity contribution in [3.05, 3.63) is 64.7 Å². The topological polar surface area (TPSA) is 90.4 Å². The fraction of sp³-hybridized carbons (Fsp3) is 0.200. The first-order valence-corrected chi connectivity index (χ1v) is 6.57. The number of aliphatic hydroxyl groups is 1. The van der Waals surface area contributed by atoms with Gasteiger partial charge in [0.05, 0.1) is 6.61 Å². The Bertz CT molecular complexity index is 724. The maximum atomic E-state index is 11.9. The van der Waals surface area contributed by atoms with Gasteiger partial charge < -0.3 is 15.6 Å². The van der Waals surface area contributed by atoms with Crippen LogP contribution in [-0.2, 0) is 4.74 Å². The maximum Gasteiger partial charge on any atom is 0.351 e. The molecule has 0 amide bonds. The lowest BCUT2D eigenvalue weighted by atomic mass is 10.0. The third-order valence-electron chi connectivity index (χ3n) is 3.37. The molecule has 108 valence electrons. The Morgan fingerprint density at radius 3 is 2.71 bits per heavy atom. The molecule has 0 bridgehead atoms. The highest BCUT2D eigenvalue weighted by Gasteiger charge is 2.29. The Balaban J connectivity index is 1.99. The summed E-state index contributed by atoms with van der Waals surface area (Å²) in [7, 11) is 0. The van der Waals surface area contributed by atoms with E-state index in [4.69, 9.17) is 10.5 Å². The molecule has 3 rings (SSSR count). The number of nitrogens with two attached hydrogens (primary N) is 1. The zero-order valence-electron chi connectivity index (χ0n) is 11.2. The number of aromatic nitrogens is 2. The van der Waals surface area contributed by atoms with Crippen LogP contribution in [0.2, 0.25) is 0 Å². The minimum Gasteiger partial charge on any atom is -0.393 e. The first kappa shape index (κ1) is 13.5. The molecule has 0 fully saturated rings. The van der Waals surface area contributed by atoms with Crippen LogP contribution in [0.5, 0.6) is 0 Å². The molecule has 1 aromatic heterocycles. The predicted octanol–water partition coefficient (Wildman–Crippen LogP) is 0.799. The molecule has 1 aliphatic rings. The van der Waals surface area contributed by atoms with Crippen molar-refractivity contribution in [2.45, 2.75) is 12.3 Å². The summed E-state index contributed by atoms with van der Waals surface area (Å²) in [6.07, 6.45) is 2.28. The number of nitrogen functional groups attached to an aromatic ring is 1. The molecule has 1 aliphatic heterocycles. The Hall–Kier alpha value is -2.44. The van der Waals surface area contributed by atoms with Gasteiger partial charge in [0.15, 0.2) is 6.23 Å². The molecule has 2 heterocycles. The summed E-state index contributed by atoms with van der Waals surface area (Å²) in [5.41, 5.74) is 6.80. The van der Waals surface area contributed by atoms with Crippen molar-refractivity contribution in [2.24, 2.45) is 0 Å². The van der Waals surface area contributed by atoms with Crippen LogP contribution in [0.15, 0.2) is 53.5 Å². The summed E-state index contributed by atoms with van der Waals surface area (Å²) in [6.45, 7) is -0.158. The van der Waals surface area contributed by atoms with Crippen LogP contribution >= 0.6 is 0 Å². The molecule has 0 unspecified atom stereocenters. The first-order valence-electron chi connectivity index (χ1n) is 6.57. The van der Waals surface area contributed by atoms with Crippen LogP contribution in [0.3, 0.4) is 0 Å². The Labute approximate surface area is 121 Å². The maximum absolute atomic E-state index is 11.9. The molecule has 6 nitrogen and oxygen atoms in total. The van der Waals surface area contributed by atoms with Crippen molar-refractivity contribution in [3.8, 4) is 0 Å². The molecule has 0 spiro atoms. The Morgan fingerprint density at radius 1 is 1.29 bits per heavy atom. The van der Waals surface area contributed by atoms with Crippen LogP contribution in [-0.4, -0.2) is 27.4 Å². The third kappa shape index (κ3) is 2.58. The fourth-order valence-electron chi connectivity index (χ4n) is 2.36. The molecular weight excluding hydrogens is 270 g/mol. The van der Waals surface area contributed by atoms with E-state index >= 15 is 0 Å². The molecule has 2 atom stereocenters. The van der Waals surface area contributed by atoms with E-state index < -0.39 is 18.0 Å². The molecule has 3 N–H and O–H groups in total. The van der Waals surface area contributed by atoms with Gasteiger partial charge in [0.1, 0.15) is 11.9 Å². The zero-order chi connectivity index (χ0) is 14.8. The lowest BCUT2D eigenvalue weighted by Gasteiger charge is -2.15. The molecule has 0 saturated carbocycles. The minimum atomic E-state index is -0.599. The molecule has 2 aromatic rings. The Morgan fingerprint density at radius 2 is 2.05 bits per heavy atom. The number of aliphatic hydroxyl groups excluding tert-OH is 1. The van der Waals surface area contributed by atoms with Crippen molar-refractivity contribution in [2.75, 3.05) is 12.3 Å². The molecule has 0 saturated heterocycles. The molecule has 6 heteroatoms. The largest absolute Gasteiger partial charge is 0.393 e. The van der Waals surface area contributed by atoms with Crippen LogP contribution < -0.4 is 11.4 Å². The number of ether oxygens (including phenoxy) is 1. The average Bonchev–Trinajstić information content (AvgIpc) is 2.92. The summed E-state index contributed by atoms with van der Waals surface area (Å²) in [4.78, 5) is 15.5. The summed E-state index contributed by atoms with van der Waals surface area (Å²) < 4.78 is 7.07. The monoisotopic (exact) mass is 285 g/mol. The number of hydrogen-bond acceptors (Lipinski definition) is 5. The van der Waals surface area contributed by atoms with Gasteiger partial charge in [-0.15, -0.1) is 0 Å². The predicted molar refractivity (Wildman–Crippen MR) is 78.3 cm³/mol. The highest BCUT2D eigenvalue weighted by atomic mass is 16.5. The van der Waals surface area contributed by atoms with E-state index in [0.29, 0.717) is 0 Å². The van der Waals surface area contributed by atoms with Crippen molar-refractivity contribution in [1.29, 1.82) is 0 Å². The smallest absolute Gasteiger partial charge is 0.351 e. The van der Waals surface area contributed by atoms with Crippen LogP contribution in [0.4, 0.5) is 5.82 Å². The van der Waals surface area contributed by atoms with Crippen LogP contribution in [0.25, 0.3) is 5.57 Å². The van der Waals surface area contributed by atoms with Gasteiger partial charge in [0.2, 0.25) is 0 Å². The molecular formula is C15H15N3O3. The van der Waals surface area contributed by atoms with E-state index in [1.54, 1.807) is 0 Å². The molecule has 21 heavy (non-hydrogen) atoms. The number of anilines is 1. The van der Waals surface area contributed by atoms with Crippen molar-refractivity contribution < 1.29 is 9.84 Å². The zero-order valence-corrected chi connectivity index (χ0v) is 11.2. The summed E-state index contributed by atoms with van der Waals surface area (Å²) in [5.74, 6) is 0.167. The third-order valence-corrected chi connectivity index (χ3v) is 3.37. The SMILES string of the molecule is Nc1ccn([C@H]2C=C(c3ccccc3)[C@@H](CO)O2)c(=O)n1. The summed E-state index contributed by atoms with van der Waals surface area (Å²) in [6, 6.07) is 11.1. The van der Waals surface area contributed by atoms with Gasteiger partial charge in [-0.05, 0) is 23.3 Å². The number of nitrogens with zero attached hydrogens (tertiary/aromatic N) is 2. The van der Waals surface area contributed by atoms with Gasteiger partial charge in [-0.2, -0.15) is 4.98 Å². The van der Waals surface area contributed by atoms with Gasteiger partial charge in [0, 0.05) is 6.20 Å². The first-order chi connectivity index (χ1) is 10.2. The van der Waals surface area contributed by atoms with Crippen LogP contribution in [0.1, 0.15) is 11.8 Å². The quantitative estimate of drug-likeness (QED) is 0.870. The number of hydrogen-bond donors (Lipinski definition) is 2. The highest BCUT2D eigenvalue weighted by molar-refractivity contribution is 5.70. The van der Waals surface area contributed by atoms with Gasteiger partial charge in [-0.1, -0.05) is 30.3 Å². The van der Waals surface area contributed by atoms with E-state index in [2.05, 4.69) is 4.98 Å². The number of benzene rings is 1. The molecule has 1 aromatic carbocycles. The van der Waals surface area contributed by atoms with Crippen LogP contribution in [0, 0.1) is 0 Å². The Kier molecular flexibility index (Phi) is 3.55.